The van der Waals surface area contributed by atoms with Crippen molar-refractivity contribution in [2.75, 3.05) is 27.2 Å². The van der Waals surface area contributed by atoms with Crippen LogP contribution in [0.3, 0.4) is 0 Å². The number of rotatable bonds is 5. The Hall–Kier alpha value is -0.770. The Kier molecular flexibility index (Phi) is 6.47. The number of nitrogens with one attached hydrogen (secondary N) is 1. The average molecular weight is 173 g/mol. The zero-order chi connectivity index (χ0) is 9.40. The Balaban J connectivity index is 3.14. The molecule has 0 saturated heterocycles. The molecule has 4 heteroatoms. The summed E-state index contributed by atoms with van der Waals surface area (Å²) in [6, 6.07) is -0.0252. The summed E-state index contributed by atoms with van der Waals surface area (Å²) in [5.41, 5.74) is 5.32. The van der Waals surface area contributed by atoms with E-state index < -0.39 is 0 Å². The molecule has 0 unspecified atom stereocenters. The van der Waals surface area contributed by atoms with E-state index in [0.29, 0.717) is 0 Å². The lowest BCUT2D eigenvalue weighted by Crippen LogP contribution is -2.34. The highest BCUT2D eigenvalue weighted by Crippen LogP contribution is 1.91. The van der Waals surface area contributed by atoms with Crippen LogP contribution < -0.4 is 11.1 Å². The van der Waals surface area contributed by atoms with Crippen molar-refractivity contribution in [3.8, 4) is 0 Å². The van der Waals surface area contributed by atoms with Gasteiger partial charge < -0.3 is 16.0 Å². The molecule has 0 rings (SSSR count). The van der Waals surface area contributed by atoms with Gasteiger partial charge in [0.25, 0.3) is 0 Å². The van der Waals surface area contributed by atoms with E-state index in [9.17, 15) is 4.79 Å². The molecule has 2 amide bonds. The van der Waals surface area contributed by atoms with Crippen molar-refractivity contribution in [1.29, 1.82) is 0 Å². The van der Waals surface area contributed by atoms with E-state index in [2.05, 4.69) is 5.32 Å². The largest absolute Gasteiger partial charge is 0.338 e. The minimum Gasteiger partial charge on any atom is -0.338 e. The second-order valence-corrected chi connectivity index (χ2v) is 2.98. The predicted octanol–water partition coefficient (Wildman–Crippen LogP) is 0.387. The third-order valence-electron chi connectivity index (χ3n) is 1.56. The maximum atomic E-state index is 11.0. The van der Waals surface area contributed by atoms with Gasteiger partial charge in [-0.25, -0.2) is 4.79 Å². The first-order chi connectivity index (χ1) is 5.68. The molecule has 0 aromatic rings. The molecule has 0 radical (unpaired) electrons. The van der Waals surface area contributed by atoms with Gasteiger partial charge in [0.2, 0.25) is 0 Å². The lowest BCUT2D eigenvalue weighted by Gasteiger charge is -2.11. The number of nitrogens with two attached hydrogens (primary N) is 1. The fraction of sp³-hybridized carbons (Fsp3) is 0.875. The van der Waals surface area contributed by atoms with Crippen LogP contribution in [0.1, 0.15) is 19.3 Å². The number of urea groups is 1. The summed E-state index contributed by atoms with van der Waals surface area (Å²) in [5, 5.41) is 2.79. The third kappa shape index (κ3) is 5.97. The molecule has 0 aromatic heterocycles. The van der Waals surface area contributed by atoms with E-state index in [1.54, 1.807) is 14.1 Å². The van der Waals surface area contributed by atoms with E-state index in [1.807, 2.05) is 0 Å². The summed E-state index contributed by atoms with van der Waals surface area (Å²) < 4.78 is 0. The Morgan fingerprint density at radius 3 is 2.50 bits per heavy atom. The van der Waals surface area contributed by atoms with Crippen LogP contribution in [0.4, 0.5) is 4.79 Å². The lowest BCUT2D eigenvalue weighted by molar-refractivity contribution is 0.217. The van der Waals surface area contributed by atoms with E-state index in [0.717, 1.165) is 32.4 Å². The van der Waals surface area contributed by atoms with Crippen LogP contribution in [0.25, 0.3) is 0 Å². The highest BCUT2D eigenvalue weighted by atomic mass is 16.2. The Morgan fingerprint density at radius 1 is 1.33 bits per heavy atom. The first-order valence-corrected chi connectivity index (χ1v) is 4.33. The second-order valence-electron chi connectivity index (χ2n) is 2.98. The fourth-order valence-electron chi connectivity index (χ4n) is 0.800. The van der Waals surface area contributed by atoms with Crippen molar-refractivity contribution >= 4 is 6.03 Å². The summed E-state index contributed by atoms with van der Waals surface area (Å²) in [4.78, 5) is 12.5. The normalized spacial score (nSPS) is 9.58. The smallest absolute Gasteiger partial charge is 0.316 e. The molecule has 72 valence electrons. The highest BCUT2D eigenvalue weighted by molar-refractivity contribution is 5.73. The van der Waals surface area contributed by atoms with E-state index in [-0.39, 0.29) is 6.03 Å². The molecule has 0 aliphatic rings. The third-order valence-corrected chi connectivity index (χ3v) is 1.56. The van der Waals surface area contributed by atoms with Crippen molar-refractivity contribution < 1.29 is 4.79 Å². The van der Waals surface area contributed by atoms with Gasteiger partial charge in [-0.1, -0.05) is 6.42 Å². The molecule has 12 heavy (non-hydrogen) atoms. The minimum absolute atomic E-state index is 0.0252. The SMILES string of the molecule is CN(C)C(=O)NCCCCCN. The summed E-state index contributed by atoms with van der Waals surface area (Å²) in [6.07, 6.45) is 3.14. The maximum Gasteiger partial charge on any atom is 0.316 e. The van der Waals surface area contributed by atoms with E-state index in [4.69, 9.17) is 5.73 Å². The molecule has 0 saturated carbocycles. The number of nitrogens with zero attached hydrogens (tertiary/aromatic N) is 1. The topological polar surface area (TPSA) is 58.4 Å². The standard InChI is InChI=1S/C8H19N3O/c1-11(2)8(12)10-7-5-3-4-6-9/h3-7,9H2,1-2H3,(H,10,12). The molecule has 4 nitrogen and oxygen atoms in total. The van der Waals surface area contributed by atoms with E-state index >= 15 is 0 Å². The monoisotopic (exact) mass is 173 g/mol. The first-order valence-electron chi connectivity index (χ1n) is 4.33. The van der Waals surface area contributed by atoms with Crippen LogP contribution in [-0.2, 0) is 0 Å². The number of carbonyl (C=O) groups excluding carboxylic acids is 1. The number of amides is 2. The molecule has 0 atom stereocenters. The maximum absolute atomic E-state index is 11.0. The van der Waals surface area contributed by atoms with Crippen LogP contribution in [0.15, 0.2) is 0 Å². The summed E-state index contributed by atoms with van der Waals surface area (Å²) in [7, 11) is 3.46. The zero-order valence-electron chi connectivity index (χ0n) is 7.97. The highest BCUT2D eigenvalue weighted by Gasteiger charge is 1.99. The molecule has 3 N–H and O–H groups in total. The van der Waals surface area contributed by atoms with Gasteiger partial charge in [-0.3, -0.25) is 0 Å². The molecular formula is C8H19N3O. The van der Waals surface area contributed by atoms with Gasteiger partial charge in [-0.05, 0) is 19.4 Å². The quantitative estimate of drug-likeness (QED) is 0.591. The predicted molar refractivity (Wildman–Crippen MR) is 50.0 cm³/mol. The minimum atomic E-state index is -0.0252. The van der Waals surface area contributed by atoms with Crippen LogP contribution >= 0.6 is 0 Å². The summed E-state index contributed by atoms with van der Waals surface area (Å²) in [6.45, 7) is 1.48. The van der Waals surface area contributed by atoms with Crippen molar-refractivity contribution in [1.82, 2.24) is 10.2 Å². The van der Waals surface area contributed by atoms with Crippen LogP contribution in [-0.4, -0.2) is 38.1 Å². The average Bonchev–Trinajstić information content (AvgIpc) is 2.03. The van der Waals surface area contributed by atoms with Gasteiger partial charge in [-0.15, -0.1) is 0 Å². The van der Waals surface area contributed by atoms with Gasteiger partial charge in [0, 0.05) is 20.6 Å². The molecule has 0 fully saturated rings. The number of hydrogen-bond acceptors (Lipinski definition) is 2. The van der Waals surface area contributed by atoms with Crippen molar-refractivity contribution in [3.63, 3.8) is 0 Å². The first kappa shape index (κ1) is 11.2. The van der Waals surface area contributed by atoms with Gasteiger partial charge in [-0.2, -0.15) is 0 Å². The molecule has 0 aliphatic heterocycles. The fourth-order valence-corrected chi connectivity index (χ4v) is 0.800. The number of unbranched alkanes of at least 4 members (excludes halogenated alkanes) is 2. The Labute approximate surface area is 74.1 Å². The van der Waals surface area contributed by atoms with E-state index in [1.165, 1.54) is 4.90 Å². The van der Waals surface area contributed by atoms with Crippen molar-refractivity contribution in [2.45, 2.75) is 19.3 Å². The number of carbonyl (C=O) groups is 1. The number of hydrogen-bond donors (Lipinski definition) is 2. The van der Waals surface area contributed by atoms with Crippen molar-refractivity contribution in [2.24, 2.45) is 5.73 Å². The summed E-state index contributed by atoms with van der Waals surface area (Å²) >= 11 is 0. The molecule has 0 spiro atoms. The van der Waals surface area contributed by atoms with Crippen LogP contribution in [0.2, 0.25) is 0 Å². The van der Waals surface area contributed by atoms with Gasteiger partial charge in [0.15, 0.2) is 0 Å². The zero-order valence-corrected chi connectivity index (χ0v) is 7.97. The lowest BCUT2D eigenvalue weighted by atomic mass is 10.2. The molecule has 0 bridgehead atoms. The van der Waals surface area contributed by atoms with Gasteiger partial charge in [0.1, 0.15) is 0 Å². The van der Waals surface area contributed by atoms with Crippen LogP contribution in [0.5, 0.6) is 0 Å². The molecule has 0 heterocycles. The van der Waals surface area contributed by atoms with Gasteiger partial charge in [0.05, 0.1) is 0 Å². The second kappa shape index (κ2) is 6.91. The van der Waals surface area contributed by atoms with Crippen molar-refractivity contribution in [3.05, 3.63) is 0 Å². The molecule has 0 aliphatic carbocycles. The molecule has 0 aromatic carbocycles. The Bertz CT molecular complexity index is 125. The van der Waals surface area contributed by atoms with Gasteiger partial charge >= 0.3 is 6.03 Å². The molecular weight excluding hydrogens is 154 g/mol. The van der Waals surface area contributed by atoms with Crippen LogP contribution in [0, 0.1) is 0 Å². The summed E-state index contributed by atoms with van der Waals surface area (Å²) in [5.74, 6) is 0. The Morgan fingerprint density at radius 2 is 2.00 bits per heavy atom.